The second-order valence-corrected chi connectivity index (χ2v) is 5.08. The van der Waals surface area contributed by atoms with Crippen LogP contribution >= 0.6 is 11.3 Å². The molecule has 0 fully saturated rings. The Morgan fingerprint density at radius 3 is 2.83 bits per heavy atom. The maximum atomic E-state index is 11.8. The minimum Gasteiger partial charge on any atom is -0.266 e. The van der Waals surface area contributed by atoms with Crippen molar-refractivity contribution < 1.29 is 4.79 Å². The van der Waals surface area contributed by atoms with E-state index >= 15 is 0 Å². The Hall–Kier alpha value is -2.01. The summed E-state index contributed by atoms with van der Waals surface area (Å²) >= 11 is 1.45. The highest BCUT2D eigenvalue weighted by Crippen LogP contribution is 2.14. The van der Waals surface area contributed by atoms with Crippen LogP contribution in [0, 0.1) is 6.92 Å². The van der Waals surface area contributed by atoms with Gasteiger partial charge in [0, 0.05) is 22.8 Å². The van der Waals surface area contributed by atoms with E-state index in [0.29, 0.717) is 4.88 Å². The van der Waals surface area contributed by atoms with E-state index in [2.05, 4.69) is 15.5 Å². The molecule has 0 atom stereocenters. The number of nitrogens with one attached hydrogen (secondary N) is 1. The number of hydrazone groups is 1. The number of aryl methyl sites for hydroxylation is 1. The van der Waals surface area contributed by atoms with E-state index < -0.39 is 0 Å². The van der Waals surface area contributed by atoms with Gasteiger partial charge >= 0.3 is 0 Å². The summed E-state index contributed by atoms with van der Waals surface area (Å²) in [6.45, 7) is 3.79. The Morgan fingerprint density at radius 1 is 1.39 bits per heavy atom. The fraction of sp³-hybridized carbons (Fsp3) is 0.154. The van der Waals surface area contributed by atoms with Gasteiger partial charge in [-0.25, -0.2) is 5.43 Å². The third kappa shape index (κ3) is 3.01. The monoisotopic (exact) mass is 259 g/mol. The van der Waals surface area contributed by atoms with Gasteiger partial charge in [0.2, 0.25) is 0 Å². The maximum absolute atomic E-state index is 11.8. The second kappa shape index (κ2) is 5.55. The normalized spacial score (nSPS) is 11.3. The standard InChI is InChI=1S/C13H13N3OS/c1-9-5-6-12(18-9)13(17)16-15-10(2)11-4-3-7-14-8-11/h3-8H,1-2H3,(H,16,17). The predicted molar refractivity (Wildman–Crippen MR) is 73.0 cm³/mol. The van der Waals surface area contributed by atoms with Crippen molar-refractivity contribution in [3.8, 4) is 0 Å². The molecule has 0 saturated heterocycles. The Balaban J connectivity index is 2.05. The van der Waals surface area contributed by atoms with Crippen LogP contribution < -0.4 is 5.43 Å². The van der Waals surface area contributed by atoms with Crippen molar-refractivity contribution in [2.75, 3.05) is 0 Å². The topological polar surface area (TPSA) is 54.4 Å². The van der Waals surface area contributed by atoms with Crippen molar-refractivity contribution in [1.82, 2.24) is 10.4 Å². The largest absolute Gasteiger partial charge is 0.281 e. The van der Waals surface area contributed by atoms with Gasteiger partial charge in [-0.3, -0.25) is 9.78 Å². The quantitative estimate of drug-likeness (QED) is 0.680. The van der Waals surface area contributed by atoms with Crippen molar-refractivity contribution in [1.29, 1.82) is 0 Å². The number of carbonyl (C=O) groups is 1. The summed E-state index contributed by atoms with van der Waals surface area (Å²) < 4.78 is 0. The highest BCUT2D eigenvalue weighted by atomic mass is 32.1. The smallest absolute Gasteiger partial charge is 0.266 e. The van der Waals surface area contributed by atoms with Crippen molar-refractivity contribution in [3.05, 3.63) is 52.0 Å². The molecule has 1 N–H and O–H groups in total. The summed E-state index contributed by atoms with van der Waals surface area (Å²) in [5.74, 6) is -0.184. The van der Waals surface area contributed by atoms with E-state index in [1.165, 1.54) is 11.3 Å². The molecule has 1 amide bonds. The zero-order valence-corrected chi connectivity index (χ0v) is 11.0. The van der Waals surface area contributed by atoms with E-state index in [1.54, 1.807) is 18.5 Å². The first kappa shape index (κ1) is 12.4. The van der Waals surface area contributed by atoms with Gasteiger partial charge in [0.05, 0.1) is 10.6 Å². The molecule has 92 valence electrons. The molecule has 2 heterocycles. The Morgan fingerprint density at radius 2 is 2.22 bits per heavy atom. The SMILES string of the molecule is CC(=NNC(=O)c1ccc(C)s1)c1cccnc1. The highest BCUT2D eigenvalue weighted by molar-refractivity contribution is 7.13. The Labute approximate surface area is 109 Å². The summed E-state index contributed by atoms with van der Waals surface area (Å²) in [6, 6.07) is 7.44. The average Bonchev–Trinajstić information content (AvgIpc) is 2.83. The number of hydrogen-bond acceptors (Lipinski definition) is 4. The molecule has 0 aliphatic heterocycles. The van der Waals surface area contributed by atoms with E-state index in [4.69, 9.17) is 0 Å². The van der Waals surface area contributed by atoms with Crippen LogP contribution in [0.2, 0.25) is 0 Å². The lowest BCUT2D eigenvalue weighted by molar-refractivity contribution is 0.0959. The first-order chi connectivity index (χ1) is 8.66. The highest BCUT2D eigenvalue weighted by Gasteiger charge is 2.06. The summed E-state index contributed by atoms with van der Waals surface area (Å²) in [6.07, 6.45) is 3.41. The number of nitrogens with zero attached hydrogens (tertiary/aromatic N) is 2. The summed E-state index contributed by atoms with van der Waals surface area (Å²) in [7, 11) is 0. The van der Waals surface area contributed by atoms with Crippen LogP contribution in [0.15, 0.2) is 41.8 Å². The molecule has 0 bridgehead atoms. The van der Waals surface area contributed by atoms with Crippen molar-refractivity contribution >= 4 is 23.0 Å². The molecule has 2 aromatic rings. The minimum absolute atomic E-state index is 0.184. The number of carbonyl (C=O) groups excluding carboxylic acids is 1. The molecule has 2 rings (SSSR count). The van der Waals surface area contributed by atoms with E-state index in [9.17, 15) is 4.79 Å². The van der Waals surface area contributed by atoms with Gasteiger partial charge in [0.1, 0.15) is 0 Å². The van der Waals surface area contributed by atoms with Crippen LogP contribution in [0.1, 0.15) is 27.0 Å². The molecule has 0 unspecified atom stereocenters. The molecule has 0 aliphatic rings. The van der Waals surface area contributed by atoms with E-state index in [-0.39, 0.29) is 5.91 Å². The predicted octanol–water partition coefficient (Wildman–Crippen LogP) is 2.61. The summed E-state index contributed by atoms with van der Waals surface area (Å²) in [5, 5.41) is 4.06. The van der Waals surface area contributed by atoms with Gasteiger partial charge < -0.3 is 0 Å². The van der Waals surface area contributed by atoms with Gasteiger partial charge in [-0.1, -0.05) is 6.07 Å². The minimum atomic E-state index is -0.184. The third-order valence-electron chi connectivity index (χ3n) is 2.37. The number of rotatable bonds is 3. The molecular formula is C13H13N3OS. The third-order valence-corrected chi connectivity index (χ3v) is 3.37. The summed E-state index contributed by atoms with van der Waals surface area (Å²) in [4.78, 5) is 17.5. The van der Waals surface area contributed by atoms with Crippen molar-refractivity contribution in [3.63, 3.8) is 0 Å². The van der Waals surface area contributed by atoms with Gasteiger partial charge in [0.25, 0.3) is 5.91 Å². The fourth-order valence-electron chi connectivity index (χ4n) is 1.39. The van der Waals surface area contributed by atoms with Crippen LogP contribution in [0.5, 0.6) is 0 Å². The number of thiophene rings is 1. The van der Waals surface area contributed by atoms with Crippen molar-refractivity contribution in [2.45, 2.75) is 13.8 Å². The molecule has 0 aliphatic carbocycles. The Kier molecular flexibility index (Phi) is 3.84. The molecule has 0 saturated carbocycles. The molecule has 2 aromatic heterocycles. The lowest BCUT2D eigenvalue weighted by Crippen LogP contribution is -2.18. The number of aromatic nitrogens is 1. The Bertz CT molecular complexity index is 575. The number of hydrogen-bond donors (Lipinski definition) is 1. The van der Waals surface area contributed by atoms with E-state index in [1.807, 2.05) is 32.0 Å². The molecule has 0 spiro atoms. The van der Waals surface area contributed by atoms with Crippen LogP contribution in [-0.4, -0.2) is 16.6 Å². The molecule has 5 heteroatoms. The van der Waals surface area contributed by atoms with Gasteiger partial charge in [0.15, 0.2) is 0 Å². The molecule has 0 aromatic carbocycles. The fourth-order valence-corrected chi connectivity index (χ4v) is 2.14. The van der Waals surface area contributed by atoms with Crippen molar-refractivity contribution in [2.24, 2.45) is 5.10 Å². The van der Waals surface area contributed by atoms with Gasteiger partial charge in [-0.15, -0.1) is 11.3 Å². The summed E-state index contributed by atoms with van der Waals surface area (Å²) in [5.41, 5.74) is 4.16. The first-order valence-corrected chi connectivity index (χ1v) is 6.30. The molecule has 18 heavy (non-hydrogen) atoms. The lowest BCUT2D eigenvalue weighted by Gasteiger charge is -2.00. The molecule has 0 radical (unpaired) electrons. The second-order valence-electron chi connectivity index (χ2n) is 3.79. The zero-order chi connectivity index (χ0) is 13.0. The number of pyridine rings is 1. The van der Waals surface area contributed by atoms with Crippen LogP contribution in [-0.2, 0) is 0 Å². The van der Waals surface area contributed by atoms with E-state index in [0.717, 1.165) is 16.2 Å². The van der Waals surface area contributed by atoms with Gasteiger partial charge in [-0.05, 0) is 32.0 Å². The lowest BCUT2D eigenvalue weighted by atomic mass is 10.2. The first-order valence-electron chi connectivity index (χ1n) is 5.48. The zero-order valence-electron chi connectivity index (χ0n) is 10.2. The van der Waals surface area contributed by atoms with Crippen LogP contribution in [0.4, 0.5) is 0 Å². The maximum Gasteiger partial charge on any atom is 0.281 e. The molecule has 4 nitrogen and oxygen atoms in total. The number of amides is 1. The molecular weight excluding hydrogens is 246 g/mol. The van der Waals surface area contributed by atoms with Crippen LogP contribution in [0.25, 0.3) is 0 Å². The van der Waals surface area contributed by atoms with Gasteiger partial charge in [-0.2, -0.15) is 5.10 Å². The average molecular weight is 259 g/mol. The van der Waals surface area contributed by atoms with Crippen LogP contribution in [0.3, 0.4) is 0 Å².